The van der Waals surface area contributed by atoms with E-state index in [1.807, 2.05) is 0 Å². The number of anilines is 1. The molecule has 4 rings (SSSR count). The van der Waals surface area contributed by atoms with E-state index in [0.717, 1.165) is 43.2 Å². The van der Waals surface area contributed by atoms with Gasteiger partial charge >= 0.3 is 11.9 Å². The van der Waals surface area contributed by atoms with Gasteiger partial charge in [0.1, 0.15) is 24.6 Å². The number of ether oxygens (including phenoxy) is 4. The molecule has 11 nitrogen and oxygen atoms in total. The Morgan fingerprint density at radius 3 is 2.44 bits per heavy atom. The third-order valence-electron chi connectivity index (χ3n) is 10.9. The number of carbonyl (C=O) groups excluding carboxylic acids is 2. The van der Waals surface area contributed by atoms with Gasteiger partial charge in [0.15, 0.2) is 11.5 Å². The van der Waals surface area contributed by atoms with Gasteiger partial charge in [-0.3, -0.25) is 9.59 Å². The molecule has 2 aliphatic rings. The van der Waals surface area contributed by atoms with E-state index in [2.05, 4.69) is 18.8 Å². The van der Waals surface area contributed by atoms with Crippen LogP contribution in [0.5, 0.6) is 11.5 Å². The molecule has 1 heterocycles. The number of aliphatic hydroxyl groups excluding tert-OH is 2. The first-order valence-corrected chi connectivity index (χ1v) is 18.2. The van der Waals surface area contributed by atoms with Crippen molar-refractivity contribution in [1.29, 1.82) is 0 Å². The predicted octanol–water partition coefficient (Wildman–Crippen LogP) is 5.71. The van der Waals surface area contributed by atoms with Gasteiger partial charge in [0.25, 0.3) is 0 Å². The Labute approximate surface area is 296 Å². The first-order valence-electron chi connectivity index (χ1n) is 18.2. The Morgan fingerprint density at radius 1 is 1.02 bits per heavy atom. The molecule has 0 unspecified atom stereocenters. The fourth-order valence-electron chi connectivity index (χ4n) is 8.69. The van der Waals surface area contributed by atoms with Crippen LogP contribution in [-0.4, -0.2) is 77.5 Å². The van der Waals surface area contributed by atoms with Gasteiger partial charge < -0.3 is 40.0 Å². The number of methoxy groups -OCH3 is 1. The summed E-state index contributed by atoms with van der Waals surface area (Å²) in [7, 11) is 1.69. The van der Waals surface area contributed by atoms with Gasteiger partial charge in [-0.15, -0.1) is 0 Å². The number of hydrogen-bond acceptors (Lipinski definition) is 11. The Morgan fingerprint density at radius 2 is 1.78 bits per heavy atom. The first-order chi connectivity index (χ1) is 23.9. The number of phenolic OH excluding ortho intramolecular Hbond substituents is 1. The number of aliphatic hydroxyl groups is 2. The topological polar surface area (TPSA) is 171 Å². The van der Waals surface area contributed by atoms with Crippen molar-refractivity contribution in [3.8, 4) is 22.6 Å². The van der Waals surface area contributed by atoms with Crippen LogP contribution < -0.4 is 10.5 Å². The maximum atomic E-state index is 12.6. The number of rotatable bonds is 16. The van der Waals surface area contributed by atoms with Crippen LogP contribution in [0.25, 0.3) is 11.1 Å². The fourth-order valence-corrected chi connectivity index (χ4v) is 8.69. The van der Waals surface area contributed by atoms with Crippen molar-refractivity contribution >= 4 is 17.8 Å². The summed E-state index contributed by atoms with van der Waals surface area (Å²) >= 11 is 0. The maximum absolute atomic E-state index is 12.6. The molecule has 5 N–H and O–H groups in total. The number of aryl methyl sites for hydroxylation is 1. The standard InChI is InChI=1S/C39H58N2O9/c1-23(2)32-9-7-26-16-29(32)17-30(18-35(45)33(26)11-14-47-5)37(50-25(4)44)21-31(49-24(3)43)8-6-27-19-38(48-15-13-42)36(46)22-34(27)28-10-12-41-39(40)20-28/h10,12,19-20,22-23,26,29-33,35,37,42,45-46H,6-9,11,13-18,21H2,1-5H3,(H2,40,41)/t26-,29+,30+,31+,32+,33-,35+,37+/m0/s1. The van der Waals surface area contributed by atoms with E-state index >= 15 is 0 Å². The molecule has 0 spiro atoms. The molecule has 2 fully saturated rings. The molecule has 1 aromatic heterocycles. The highest BCUT2D eigenvalue weighted by molar-refractivity contribution is 5.72. The highest BCUT2D eigenvalue weighted by Crippen LogP contribution is 2.49. The van der Waals surface area contributed by atoms with Crippen molar-refractivity contribution in [2.45, 2.75) is 104 Å². The number of aromatic nitrogens is 1. The van der Waals surface area contributed by atoms with E-state index in [0.29, 0.717) is 60.9 Å². The quantitative estimate of drug-likeness (QED) is 0.159. The van der Waals surface area contributed by atoms with Crippen LogP contribution in [0.15, 0.2) is 30.5 Å². The zero-order valence-corrected chi connectivity index (χ0v) is 30.4. The predicted molar refractivity (Wildman–Crippen MR) is 190 cm³/mol. The second-order valence-corrected chi connectivity index (χ2v) is 14.7. The van der Waals surface area contributed by atoms with Gasteiger partial charge in [0.2, 0.25) is 0 Å². The van der Waals surface area contributed by atoms with Crippen molar-refractivity contribution in [2.24, 2.45) is 35.5 Å². The molecule has 1 aromatic carbocycles. The minimum atomic E-state index is -0.602. The van der Waals surface area contributed by atoms with Crippen LogP contribution >= 0.6 is 0 Å². The lowest BCUT2D eigenvalue weighted by Gasteiger charge is -2.47. The smallest absolute Gasteiger partial charge is 0.302 e. The van der Waals surface area contributed by atoms with Gasteiger partial charge in [-0.05, 0) is 128 Å². The molecule has 0 amide bonds. The number of pyridine rings is 1. The molecule has 0 radical (unpaired) electrons. The highest BCUT2D eigenvalue weighted by Gasteiger charge is 2.44. The summed E-state index contributed by atoms with van der Waals surface area (Å²) in [5, 5.41) is 31.8. The first kappa shape index (κ1) is 39.4. The summed E-state index contributed by atoms with van der Waals surface area (Å²) in [4.78, 5) is 29.2. The number of esters is 2. The average molecular weight is 699 g/mol. The molecule has 278 valence electrons. The Balaban J connectivity index is 1.64. The third-order valence-corrected chi connectivity index (χ3v) is 10.9. The zero-order valence-electron chi connectivity index (χ0n) is 30.4. The number of nitrogens with two attached hydrogens (primary N) is 1. The second kappa shape index (κ2) is 18.7. The average Bonchev–Trinajstić information content (AvgIpc) is 3.05. The van der Waals surface area contributed by atoms with Crippen molar-refractivity contribution in [3.63, 3.8) is 0 Å². The summed E-state index contributed by atoms with van der Waals surface area (Å²) in [6.45, 7) is 7.72. The number of benzene rings is 1. The van der Waals surface area contributed by atoms with Crippen molar-refractivity contribution in [2.75, 3.05) is 32.7 Å². The fraction of sp³-hybridized carbons (Fsp3) is 0.667. The lowest BCUT2D eigenvalue weighted by atomic mass is 9.60. The maximum Gasteiger partial charge on any atom is 0.302 e. The second-order valence-electron chi connectivity index (χ2n) is 14.7. The number of phenols is 1. The summed E-state index contributed by atoms with van der Waals surface area (Å²) in [6.07, 6.45) is 6.32. The SMILES string of the molecule is COCC[C@H]1[C@H]2CC[C@H](C(C)C)[C@H](C2)C[C@@H]([C@@H](C[C@@H](CCc2cc(OCCO)c(O)cc2-c2ccnc(N)c2)OC(C)=O)OC(C)=O)C[C@H]1O. The Hall–Kier alpha value is -3.41. The van der Waals surface area contributed by atoms with E-state index in [9.17, 15) is 24.9 Å². The molecular weight excluding hydrogens is 640 g/mol. The molecule has 2 bridgehead atoms. The van der Waals surface area contributed by atoms with E-state index < -0.39 is 30.3 Å². The lowest BCUT2D eigenvalue weighted by molar-refractivity contribution is -0.158. The van der Waals surface area contributed by atoms with Crippen LogP contribution in [0.3, 0.4) is 0 Å². The van der Waals surface area contributed by atoms with E-state index in [1.165, 1.54) is 13.8 Å². The minimum absolute atomic E-state index is 0.00760. The summed E-state index contributed by atoms with van der Waals surface area (Å²) in [6, 6.07) is 6.83. The Bertz CT molecular complexity index is 1400. The molecule has 2 saturated carbocycles. The molecule has 2 aromatic rings. The number of fused-ring (bicyclic) bond motifs is 2. The van der Waals surface area contributed by atoms with Crippen LogP contribution in [-0.2, 0) is 30.2 Å². The molecule has 0 aliphatic heterocycles. The van der Waals surface area contributed by atoms with Crippen LogP contribution in [0.1, 0.15) is 84.6 Å². The van der Waals surface area contributed by atoms with Gasteiger partial charge in [0.05, 0.1) is 12.7 Å². The van der Waals surface area contributed by atoms with Gasteiger partial charge in [-0.25, -0.2) is 4.98 Å². The number of carbonyl (C=O) groups is 2. The van der Waals surface area contributed by atoms with Gasteiger partial charge in [-0.1, -0.05) is 13.8 Å². The normalized spacial score (nSPS) is 24.9. The Kier molecular flexibility index (Phi) is 14.7. The molecule has 0 saturated heterocycles. The molecule has 11 heteroatoms. The molecule has 2 aliphatic carbocycles. The van der Waals surface area contributed by atoms with Gasteiger partial charge in [-0.2, -0.15) is 0 Å². The lowest BCUT2D eigenvalue weighted by Crippen LogP contribution is -2.44. The van der Waals surface area contributed by atoms with Gasteiger partial charge in [0, 0.05) is 40.2 Å². The van der Waals surface area contributed by atoms with E-state index in [4.69, 9.17) is 24.7 Å². The van der Waals surface area contributed by atoms with Crippen molar-refractivity contribution in [3.05, 3.63) is 36.0 Å². The number of hydrogen-bond donors (Lipinski definition) is 4. The summed E-state index contributed by atoms with van der Waals surface area (Å²) in [5.74, 6) is 1.53. The largest absolute Gasteiger partial charge is 0.504 e. The molecule has 50 heavy (non-hydrogen) atoms. The monoisotopic (exact) mass is 698 g/mol. The summed E-state index contributed by atoms with van der Waals surface area (Å²) < 4.78 is 23.0. The molecular formula is C39H58N2O9. The molecule has 8 atom stereocenters. The number of nitrogen functional groups attached to an aromatic ring is 1. The number of aromatic hydroxyl groups is 1. The minimum Gasteiger partial charge on any atom is -0.504 e. The van der Waals surface area contributed by atoms with E-state index in [-0.39, 0.29) is 43.0 Å². The number of nitrogens with zero attached hydrogens (tertiary/aromatic N) is 1. The highest BCUT2D eigenvalue weighted by atomic mass is 16.6. The summed E-state index contributed by atoms with van der Waals surface area (Å²) in [5.41, 5.74) is 8.25. The van der Waals surface area contributed by atoms with Crippen LogP contribution in [0, 0.1) is 35.5 Å². The van der Waals surface area contributed by atoms with Crippen molar-refractivity contribution < 1.29 is 43.9 Å². The van der Waals surface area contributed by atoms with Crippen LogP contribution in [0.4, 0.5) is 5.82 Å². The van der Waals surface area contributed by atoms with E-state index in [1.54, 1.807) is 37.6 Å². The van der Waals surface area contributed by atoms with Crippen LogP contribution in [0.2, 0.25) is 0 Å². The van der Waals surface area contributed by atoms with Crippen molar-refractivity contribution in [1.82, 2.24) is 4.98 Å². The third kappa shape index (κ3) is 10.8. The zero-order chi connectivity index (χ0) is 36.4.